The molecule has 0 fully saturated rings. The number of hydrogen-bond acceptors (Lipinski definition) is 5. The number of imidazole rings is 1. The number of carbonyl (C=O) groups excluding carboxylic acids is 1. The van der Waals surface area contributed by atoms with Crippen molar-refractivity contribution in [1.82, 2.24) is 24.3 Å². The first kappa shape index (κ1) is 15.8. The number of carbonyl (C=O) groups is 1. The number of hydrogen-bond donors (Lipinski definition) is 1. The Kier molecular flexibility index (Phi) is 3.78. The fourth-order valence-corrected chi connectivity index (χ4v) is 3.43. The van der Waals surface area contributed by atoms with Gasteiger partial charge < -0.3 is 4.57 Å². The molecule has 25 heavy (non-hydrogen) atoms. The molecule has 4 rings (SSSR count). The van der Waals surface area contributed by atoms with Crippen molar-refractivity contribution in [2.75, 3.05) is 5.32 Å². The highest BCUT2D eigenvalue weighted by Crippen LogP contribution is 2.25. The van der Waals surface area contributed by atoms with Crippen LogP contribution in [-0.2, 0) is 14.1 Å². The van der Waals surface area contributed by atoms with Crippen molar-refractivity contribution in [3.63, 3.8) is 0 Å². The van der Waals surface area contributed by atoms with Crippen LogP contribution in [0.3, 0.4) is 0 Å². The van der Waals surface area contributed by atoms with Gasteiger partial charge in [-0.05, 0) is 18.2 Å². The van der Waals surface area contributed by atoms with Crippen LogP contribution in [0.1, 0.15) is 10.5 Å². The molecule has 0 spiro atoms. The Morgan fingerprint density at radius 1 is 1.28 bits per heavy atom. The maximum atomic E-state index is 12.5. The summed E-state index contributed by atoms with van der Waals surface area (Å²) in [4.78, 5) is 21.3. The molecule has 0 unspecified atom stereocenters. The van der Waals surface area contributed by atoms with Crippen LogP contribution in [0.4, 0.5) is 5.95 Å². The lowest BCUT2D eigenvalue weighted by Crippen LogP contribution is -2.15. The highest BCUT2D eigenvalue weighted by Gasteiger charge is 2.16. The number of nitrogens with zero attached hydrogens (tertiary/aromatic N) is 5. The SMILES string of the molecule is Cn1cc(-c2nc(C(=O)Nc3nc4cc(Cl)ccc4n3C)cs2)cn1. The van der Waals surface area contributed by atoms with Crippen LogP contribution < -0.4 is 5.32 Å². The van der Waals surface area contributed by atoms with Gasteiger partial charge in [-0.15, -0.1) is 11.3 Å². The Morgan fingerprint density at radius 3 is 2.88 bits per heavy atom. The van der Waals surface area contributed by atoms with Crippen molar-refractivity contribution >= 4 is 45.8 Å². The van der Waals surface area contributed by atoms with Crippen LogP contribution in [0.25, 0.3) is 21.6 Å². The lowest BCUT2D eigenvalue weighted by Gasteiger charge is -2.03. The summed E-state index contributed by atoms with van der Waals surface area (Å²) in [6.07, 6.45) is 3.57. The lowest BCUT2D eigenvalue weighted by atomic mass is 10.3. The number of aromatic nitrogens is 5. The molecule has 0 bridgehead atoms. The standard InChI is InChI=1S/C16H13ClN6OS/c1-22-7-9(6-18-22)15-19-12(8-25-15)14(24)21-16-20-11-5-10(17)3-4-13(11)23(16)2/h3-8H,1-2H3,(H,20,21,24). The molecule has 0 saturated carbocycles. The van der Waals surface area contributed by atoms with Crippen LogP contribution in [0, 0.1) is 0 Å². The summed E-state index contributed by atoms with van der Waals surface area (Å²) >= 11 is 7.39. The highest BCUT2D eigenvalue weighted by atomic mass is 35.5. The number of fused-ring (bicyclic) bond motifs is 1. The van der Waals surface area contributed by atoms with E-state index < -0.39 is 0 Å². The quantitative estimate of drug-likeness (QED) is 0.598. The van der Waals surface area contributed by atoms with Crippen molar-refractivity contribution in [1.29, 1.82) is 0 Å². The third-order valence-corrected chi connectivity index (χ3v) is 4.88. The van der Waals surface area contributed by atoms with Gasteiger partial charge in [0.25, 0.3) is 5.91 Å². The molecule has 1 N–H and O–H groups in total. The van der Waals surface area contributed by atoms with Crippen LogP contribution in [-0.4, -0.2) is 30.2 Å². The average Bonchev–Trinajstić information content (AvgIpc) is 3.27. The van der Waals surface area contributed by atoms with Gasteiger partial charge in [0.2, 0.25) is 5.95 Å². The molecule has 0 aliphatic heterocycles. The van der Waals surface area contributed by atoms with Crippen LogP contribution in [0.5, 0.6) is 0 Å². The Labute approximate surface area is 151 Å². The predicted molar refractivity (Wildman–Crippen MR) is 98.0 cm³/mol. The van der Waals surface area contributed by atoms with E-state index in [2.05, 4.69) is 20.4 Å². The van der Waals surface area contributed by atoms with E-state index in [0.717, 1.165) is 21.6 Å². The number of halogens is 1. The first-order chi connectivity index (χ1) is 12.0. The summed E-state index contributed by atoms with van der Waals surface area (Å²) in [5, 5.41) is 9.98. The number of nitrogens with one attached hydrogen (secondary N) is 1. The maximum absolute atomic E-state index is 12.5. The summed E-state index contributed by atoms with van der Waals surface area (Å²) in [7, 11) is 3.67. The van der Waals surface area contributed by atoms with Crippen LogP contribution >= 0.6 is 22.9 Å². The number of benzene rings is 1. The van der Waals surface area contributed by atoms with Crippen molar-refractivity contribution in [2.45, 2.75) is 0 Å². The summed E-state index contributed by atoms with van der Waals surface area (Å²) in [6, 6.07) is 5.41. The molecule has 7 nitrogen and oxygen atoms in total. The molecular weight excluding hydrogens is 360 g/mol. The third-order valence-electron chi connectivity index (χ3n) is 3.76. The summed E-state index contributed by atoms with van der Waals surface area (Å²) in [5.74, 6) is 0.133. The van der Waals surface area contributed by atoms with Gasteiger partial charge in [-0.3, -0.25) is 14.8 Å². The number of anilines is 1. The van der Waals surface area contributed by atoms with Crippen LogP contribution in [0.2, 0.25) is 5.02 Å². The molecule has 1 amide bonds. The summed E-state index contributed by atoms with van der Waals surface area (Å²) in [5.41, 5.74) is 2.83. The Balaban J connectivity index is 1.60. The van der Waals surface area contributed by atoms with Gasteiger partial charge in [0.1, 0.15) is 10.7 Å². The van der Waals surface area contributed by atoms with Crippen molar-refractivity contribution < 1.29 is 4.79 Å². The number of rotatable bonds is 3. The minimum atomic E-state index is -0.309. The molecule has 0 aliphatic rings. The smallest absolute Gasteiger partial charge is 0.277 e. The first-order valence-electron chi connectivity index (χ1n) is 7.39. The van der Waals surface area contributed by atoms with E-state index >= 15 is 0 Å². The highest BCUT2D eigenvalue weighted by molar-refractivity contribution is 7.13. The van der Waals surface area contributed by atoms with E-state index in [1.807, 2.05) is 26.4 Å². The molecule has 0 atom stereocenters. The van der Waals surface area contributed by atoms with E-state index in [4.69, 9.17) is 11.6 Å². The van der Waals surface area contributed by atoms with Gasteiger partial charge in [-0.1, -0.05) is 11.6 Å². The third kappa shape index (κ3) is 2.90. The topological polar surface area (TPSA) is 77.6 Å². The first-order valence-corrected chi connectivity index (χ1v) is 8.65. The largest absolute Gasteiger partial charge is 0.313 e. The van der Waals surface area contributed by atoms with E-state index in [-0.39, 0.29) is 5.91 Å². The van der Waals surface area contributed by atoms with Gasteiger partial charge in [0, 0.05) is 36.3 Å². The monoisotopic (exact) mass is 372 g/mol. The van der Waals surface area contributed by atoms with Gasteiger partial charge in [0.05, 0.1) is 17.2 Å². The van der Waals surface area contributed by atoms with Gasteiger partial charge in [-0.25, -0.2) is 9.97 Å². The summed E-state index contributed by atoms with van der Waals surface area (Å²) in [6.45, 7) is 0. The lowest BCUT2D eigenvalue weighted by molar-refractivity contribution is 0.102. The molecule has 3 aromatic heterocycles. The molecule has 9 heteroatoms. The normalized spacial score (nSPS) is 11.2. The molecule has 126 valence electrons. The van der Waals surface area contributed by atoms with E-state index in [9.17, 15) is 4.79 Å². The van der Waals surface area contributed by atoms with Crippen LogP contribution in [0.15, 0.2) is 36.0 Å². The molecule has 0 saturated heterocycles. The fraction of sp³-hybridized carbons (Fsp3) is 0.125. The molecule has 1 aromatic carbocycles. The second-order valence-electron chi connectivity index (χ2n) is 5.52. The van der Waals surface area contributed by atoms with Gasteiger partial charge in [-0.2, -0.15) is 5.10 Å². The second-order valence-corrected chi connectivity index (χ2v) is 6.82. The Bertz CT molecular complexity index is 1100. The molecule has 0 aliphatic carbocycles. The van der Waals surface area contributed by atoms with E-state index in [1.54, 1.807) is 33.0 Å². The molecule has 3 heterocycles. The average molecular weight is 373 g/mol. The summed E-state index contributed by atoms with van der Waals surface area (Å²) < 4.78 is 3.50. The maximum Gasteiger partial charge on any atom is 0.277 e. The van der Waals surface area contributed by atoms with Crippen molar-refractivity contribution in [2.24, 2.45) is 14.1 Å². The van der Waals surface area contributed by atoms with Crippen molar-refractivity contribution in [3.8, 4) is 10.6 Å². The Hall–Kier alpha value is -2.71. The zero-order valence-electron chi connectivity index (χ0n) is 13.4. The van der Waals surface area contributed by atoms with E-state index in [0.29, 0.717) is 16.7 Å². The fourth-order valence-electron chi connectivity index (χ4n) is 2.49. The zero-order chi connectivity index (χ0) is 17.6. The van der Waals surface area contributed by atoms with Crippen molar-refractivity contribution in [3.05, 3.63) is 46.7 Å². The second kappa shape index (κ2) is 5.98. The number of amides is 1. The number of aryl methyl sites for hydroxylation is 2. The number of thiazole rings is 1. The minimum absolute atomic E-state index is 0.309. The van der Waals surface area contributed by atoms with Gasteiger partial charge in [0.15, 0.2) is 0 Å². The molecule has 0 radical (unpaired) electrons. The van der Waals surface area contributed by atoms with E-state index in [1.165, 1.54) is 11.3 Å². The predicted octanol–water partition coefficient (Wildman–Crippen LogP) is 3.34. The Morgan fingerprint density at radius 2 is 2.12 bits per heavy atom. The molecular formula is C16H13ClN6OS. The molecule has 4 aromatic rings. The zero-order valence-corrected chi connectivity index (χ0v) is 15.0. The minimum Gasteiger partial charge on any atom is -0.313 e. The van der Waals surface area contributed by atoms with Gasteiger partial charge >= 0.3 is 0 Å².